The lowest BCUT2D eigenvalue weighted by atomic mass is 9.77. The Morgan fingerprint density at radius 2 is 2.03 bits per heavy atom. The Labute approximate surface area is 189 Å². The fourth-order valence-corrected chi connectivity index (χ4v) is 5.07. The van der Waals surface area contributed by atoms with Gasteiger partial charge in [0.1, 0.15) is 11.5 Å². The molecular formula is C25H32N2O5. The lowest BCUT2D eigenvalue weighted by Gasteiger charge is -2.27. The van der Waals surface area contributed by atoms with Crippen molar-refractivity contribution in [2.75, 3.05) is 11.4 Å². The van der Waals surface area contributed by atoms with Gasteiger partial charge in [-0.3, -0.25) is 14.4 Å². The van der Waals surface area contributed by atoms with Crippen LogP contribution in [0.25, 0.3) is 0 Å². The van der Waals surface area contributed by atoms with E-state index in [9.17, 15) is 14.4 Å². The van der Waals surface area contributed by atoms with Crippen LogP contribution in [0, 0.1) is 25.7 Å². The summed E-state index contributed by atoms with van der Waals surface area (Å²) in [5, 5.41) is 2.86. The number of benzene rings is 1. The van der Waals surface area contributed by atoms with Crippen LogP contribution in [-0.2, 0) is 23.9 Å². The van der Waals surface area contributed by atoms with Crippen molar-refractivity contribution in [2.24, 2.45) is 11.8 Å². The van der Waals surface area contributed by atoms with Crippen molar-refractivity contribution in [3.63, 3.8) is 0 Å². The molecular weight excluding hydrogens is 408 g/mol. The molecule has 0 unspecified atom stereocenters. The molecule has 7 heteroatoms. The molecule has 3 heterocycles. The van der Waals surface area contributed by atoms with Crippen LogP contribution in [0.4, 0.5) is 5.69 Å². The lowest BCUT2D eigenvalue weighted by molar-refractivity contribution is -0.163. The van der Waals surface area contributed by atoms with Crippen molar-refractivity contribution in [2.45, 2.75) is 71.3 Å². The van der Waals surface area contributed by atoms with E-state index in [4.69, 9.17) is 9.47 Å². The van der Waals surface area contributed by atoms with E-state index in [1.807, 2.05) is 65.0 Å². The Balaban J connectivity index is 1.56. The second-order valence-electron chi connectivity index (χ2n) is 10.2. The van der Waals surface area contributed by atoms with Crippen LogP contribution >= 0.6 is 0 Å². The highest BCUT2D eigenvalue weighted by Gasteiger charge is 2.67. The van der Waals surface area contributed by atoms with Crippen LogP contribution in [0.5, 0.6) is 0 Å². The van der Waals surface area contributed by atoms with Gasteiger partial charge in [-0.15, -0.1) is 0 Å². The van der Waals surface area contributed by atoms with Crippen molar-refractivity contribution in [1.29, 1.82) is 0 Å². The van der Waals surface area contributed by atoms with Crippen LogP contribution in [0.1, 0.15) is 45.2 Å². The minimum atomic E-state index is -0.910. The van der Waals surface area contributed by atoms with Crippen LogP contribution in [0.2, 0.25) is 0 Å². The first-order valence-electron chi connectivity index (χ1n) is 11.2. The van der Waals surface area contributed by atoms with E-state index >= 15 is 0 Å². The third kappa shape index (κ3) is 3.72. The van der Waals surface area contributed by atoms with Crippen molar-refractivity contribution in [1.82, 2.24) is 5.32 Å². The van der Waals surface area contributed by atoms with E-state index in [-0.39, 0.29) is 11.8 Å². The summed E-state index contributed by atoms with van der Waals surface area (Å²) in [6.07, 6.45) is 2.68. The number of carbonyl (C=O) groups excluding carboxylic acids is 3. The zero-order valence-corrected chi connectivity index (χ0v) is 19.6. The molecule has 3 aliphatic heterocycles. The molecule has 0 aliphatic carbocycles. The highest BCUT2D eigenvalue weighted by molar-refractivity contribution is 6.03. The molecule has 2 amide bonds. The van der Waals surface area contributed by atoms with Gasteiger partial charge in [0.05, 0.1) is 18.6 Å². The van der Waals surface area contributed by atoms with Gasteiger partial charge in [-0.25, -0.2) is 0 Å². The fourth-order valence-electron chi connectivity index (χ4n) is 5.07. The molecule has 1 aromatic rings. The minimum Gasteiger partial charge on any atom is -0.452 e. The van der Waals surface area contributed by atoms with E-state index in [0.717, 1.165) is 16.8 Å². The molecule has 7 nitrogen and oxygen atoms in total. The quantitative estimate of drug-likeness (QED) is 0.562. The first-order valence-corrected chi connectivity index (χ1v) is 11.2. The smallest absolute Gasteiger partial charge is 0.313 e. The topological polar surface area (TPSA) is 84.9 Å². The first kappa shape index (κ1) is 22.5. The van der Waals surface area contributed by atoms with E-state index in [2.05, 4.69) is 5.32 Å². The van der Waals surface area contributed by atoms with E-state index in [1.54, 1.807) is 11.8 Å². The third-order valence-corrected chi connectivity index (χ3v) is 6.44. The Morgan fingerprint density at radius 3 is 2.66 bits per heavy atom. The Kier molecular flexibility index (Phi) is 5.44. The molecule has 1 N–H and O–H groups in total. The highest BCUT2D eigenvalue weighted by Crippen LogP contribution is 2.53. The number of nitrogens with one attached hydrogen (secondary N) is 1. The molecule has 4 rings (SSSR count). The molecule has 3 aliphatic rings. The standard InChI is InChI=1S/C25H32N2O5/c1-7-17(21(28)26-24(4,5)6)31-23(30)19-18-10-11-25(32-18)13-27(22(29)20(19)25)16-9-8-14(2)12-15(16)3/h8-12,17-20H,7,13H2,1-6H3,(H,26,28)/t17-,18+,19-,20+,25-/m1/s1. The monoisotopic (exact) mass is 440 g/mol. The number of esters is 1. The van der Waals surface area contributed by atoms with Gasteiger partial charge in [-0.1, -0.05) is 36.8 Å². The number of fused-ring (bicyclic) bond motifs is 1. The van der Waals surface area contributed by atoms with Gasteiger partial charge in [0.25, 0.3) is 5.91 Å². The van der Waals surface area contributed by atoms with Crippen LogP contribution in [0.3, 0.4) is 0 Å². The average molecular weight is 441 g/mol. The predicted molar refractivity (Wildman–Crippen MR) is 120 cm³/mol. The van der Waals surface area contributed by atoms with Crippen molar-refractivity contribution in [3.05, 3.63) is 41.5 Å². The molecule has 0 radical (unpaired) electrons. The van der Waals surface area contributed by atoms with Crippen LogP contribution < -0.4 is 10.2 Å². The molecule has 2 bridgehead atoms. The minimum absolute atomic E-state index is 0.141. The molecule has 1 spiro atoms. The summed E-state index contributed by atoms with van der Waals surface area (Å²) < 4.78 is 11.8. The second kappa shape index (κ2) is 7.73. The van der Waals surface area contributed by atoms with Gasteiger partial charge < -0.3 is 19.7 Å². The van der Waals surface area contributed by atoms with Gasteiger partial charge >= 0.3 is 5.97 Å². The second-order valence-corrected chi connectivity index (χ2v) is 10.2. The predicted octanol–water partition coefficient (Wildman–Crippen LogP) is 2.83. The van der Waals surface area contributed by atoms with Crippen molar-refractivity contribution >= 4 is 23.5 Å². The lowest BCUT2D eigenvalue weighted by Crippen LogP contribution is -2.48. The normalized spacial score (nSPS) is 29.2. The van der Waals surface area contributed by atoms with Gasteiger partial charge in [0, 0.05) is 11.2 Å². The van der Waals surface area contributed by atoms with Crippen molar-refractivity contribution in [3.8, 4) is 0 Å². The summed E-state index contributed by atoms with van der Waals surface area (Å²) in [6.45, 7) is 11.8. The van der Waals surface area contributed by atoms with Crippen LogP contribution in [-0.4, -0.2) is 47.7 Å². The molecule has 5 atom stereocenters. The zero-order chi connectivity index (χ0) is 23.4. The Bertz CT molecular complexity index is 995. The van der Waals surface area contributed by atoms with Gasteiger partial charge in [0.15, 0.2) is 6.10 Å². The van der Waals surface area contributed by atoms with E-state index < -0.39 is 41.2 Å². The summed E-state index contributed by atoms with van der Waals surface area (Å²) in [6, 6.07) is 5.95. The number of nitrogens with zero attached hydrogens (tertiary/aromatic N) is 1. The number of hydrogen-bond acceptors (Lipinski definition) is 5. The largest absolute Gasteiger partial charge is 0.452 e. The number of carbonyl (C=O) groups is 3. The number of amides is 2. The Hall–Kier alpha value is -2.67. The first-order chi connectivity index (χ1) is 15.0. The highest BCUT2D eigenvalue weighted by atomic mass is 16.6. The van der Waals surface area contributed by atoms with Crippen molar-refractivity contribution < 1.29 is 23.9 Å². The number of hydrogen-bond donors (Lipinski definition) is 1. The van der Waals surface area contributed by atoms with Crippen LogP contribution in [0.15, 0.2) is 30.4 Å². The summed E-state index contributed by atoms with van der Waals surface area (Å²) >= 11 is 0. The van der Waals surface area contributed by atoms with Gasteiger partial charge in [-0.2, -0.15) is 0 Å². The average Bonchev–Trinajstić information content (AvgIpc) is 3.33. The third-order valence-electron chi connectivity index (χ3n) is 6.44. The maximum absolute atomic E-state index is 13.5. The Morgan fingerprint density at radius 1 is 1.31 bits per heavy atom. The van der Waals surface area contributed by atoms with Gasteiger partial charge in [0.2, 0.25) is 5.91 Å². The summed E-state index contributed by atoms with van der Waals surface area (Å²) in [5.74, 6) is -2.46. The summed E-state index contributed by atoms with van der Waals surface area (Å²) in [5.41, 5.74) is 1.67. The zero-order valence-electron chi connectivity index (χ0n) is 19.6. The summed E-state index contributed by atoms with van der Waals surface area (Å²) in [4.78, 5) is 41.1. The van der Waals surface area contributed by atoms with E-state index in [0.29, 0.717) is 13.0 Å². The number of aryl methyl sites for hydroxylation is 2. The molecule has 2 fully saturated rings. The molecule has 172 valence electrons. The van der Waals surface area contributed by atoms with Gasteiger partial charge in [-0.05, 0) is 52.7 Å². The molecule has 0 aromatic heterocycles. The van der Waals surface area contributed by atoms with E-state index in [1.165, 1.54) is 0 Å². The molecule has 1 aromatic carbocycles. The molecule has 32 heavy (non-hydrogen) atoms. The fraction of sp³-hybridized carbons (Fsp3) is 0.560. The SMILES string of the molecule is CC[C@@H](OC(=O)[C@@H]1[C@@H]2C=C[C@]3(CN(c4ccc(C)cc4C)C(=O)[C@H]13)O2)C(=O)NC(C)(C)C. The number of anilines is 1. The number of ether oxygens (including phenoxy) is 2. The molecule has 0 saturated carbocycles. The maximum atomic E-state index is 13.5. The molecule has 2 saturated heterocycles. The number of rotatable bonds is 5. The summed E-state index contributed by atoms with van der Waals surface area (Å²) in [7, 11) is 0. The maximum Gasteiger partial charge on any atom is 0.313 e.